The van der Waals surface area contributed by atoms with E-state index in [1.807, 2.05) is 11.8 Å². The largest absolute Gasteiger partial charge is 0.368 e. The maximum Gasteiger partial charge on any atom is 0.234 e. The Morgan fingerprint density at radius 1 is 1.44 bits per heavy atom. The zero-order chi connectivity index (χ0) is 12.1. The van der Waals surface area contributed by atoms with Crippen LogP contribution in [0.5, 0.6) is 0 Å². The number of rotatable bonds is 8. The summed E-state index contributed by atoms with van der Waals surface area (Å²) in [5, 5.41) is 3.95. The Labute approximate surface area is 103 Å². The first kappa shape index (κ1) is 13.8. The summed E-state index contributed by atoms with van der Waals surface area (Å²) in [6, 6.07) is 0.421. The highest BCUT2D eigenvalue weighted by Gasteiger charge is 2.26. The molecule has 0 aliphatic heterocycles. The van der Waals surface area contributed by atoms with E-state index in [0.29, 0.717) is 17.2 Å². The van der Waals surface area contributed by atoms with Gasteiger partial charge < -0.3 is 11.1 Å². The molecule has 0 heterocycles. The Hall–Kier alpha value is -0.220. The van der Waals surface area contributed by atoms with Gasteiger partial charge in [0.2, 0.25) is 5.91 Å². The summed E-state index contributed by atoms with van der Waals surface area (Å²) in [7, 11) is 0. The number of nitrogens with two attached hydrogens (primary N) is 1. The molecule has 16 heavy (non-hydrogen) atoms. The van der Waals surface area contributed by atoms with Gasteiger partial charge in [-0.05, 0) is 30.9 Å². The number of amides is 1. The van der Waals surface area contributed by atoms with Crippen molar-refractivity contribution in [2.45, 2.75) is 57.4 Å². The van der Waals surface area contributed by atoms with Crippen LogP contribution in [0, 0.1) is 5.92 Å². The monoisotopic (exact) mass is 244 g/mol. The lowest BCUT2D eigenvalue weighted by atomic mass is 10.2. The van der Waals surface area contributed by atoms with Gasteiger partial charge in [0.1, 0.15) is 0 Å². The summed E-state index contributed by atoms with van der Waals surface area (Å²) in [5.74, 6) is 1.49. The van der Waals surface area contributed by atoms with Gasteiger partial charge in [-0.1, -0.05) is 20.8 Å². The molecule has 1 aliphatic carbocycles. The lowest BCUT2D eigenvalue weighted by Gasteiger charge is -2.18. The van der Waals surface area contributed by atoms with Crippen molar-refractivity contribution >= 4 is 17.7 Å². The van der Waals surface area contributed by atoms with Crippen LogP contribution in [-0.4, -0.2) is 29.0 Å². The lowest BCUT2D eigenvalue weighted by Crippen LogP contribution is -2.42. The Morgan fingerprint density at radius 3 is 2.50 bits per heavy atom. The average Bonchev–Trinajstić information content (AvgIpc) is 2.99. The second-order valence-electron chi connectivity index (χ2n) is 5.00. The van der Waals surface area contributed by atoms with Crippen LogP contribution >= 0.6 is 11.8 Å². The molecule has 0 radical (unpaired) electrons. The maximum atomic E-state index is 11.2. The average molecular weight is 244 g/mol. The molecule has 0 aromatic carbocycles. The van der Waals surface area contributed by atoms with Crippen molar-refractivity contribution in [2.24, 2.45) is 11.7 Å². The molecule has 1 saturated carbocycles. The van der Waals surface area contributed by atoms with Crippen LogP contribution in [0.2, 0.25) is 0 Å². The van der Waals surface area contributed by atoms with E-state index in [1.54, 1.807) is 0 Å². The van der Waals surface area contributed by atoms with Crippen molar-refractivity contribution in [2.75, 3.05) is 5.75 Å². The minimum absolute atomic E-state index is 0.126. The van der Waals surface area contributed by atoms with Crippen molar-refractivity contribution in [3.05, 3.63) is 0 Å². The van der Waals surface area contributed by atoms with Gasteiger partial charge >= 0.3 is 0 Å². The van der Waals surface area contributed by atoms with Crippen LogP contribution in [0.4, 0.5) is 0 Å². The summed E-state index contributed by atoms with van der Waals surface area (Å²) in [4.78, 5) is 11.2. The first-order valence-electron chi connectivity index (χ1n) is 6.17. The normalized spacial score (nSPS) is 19.8. The minimum Gasteiger partial charge on any atom is -0.368 e. The molecule has 4 heteroatoms. The third-order valence-corrected chi connectivity index (χ3v) is 4.63. The number of carbonyl (C=O) groups is 1. The van der Waals surface area contributed by atoms with E-state index in [1.165, 1.54) is 12.8 Å². The van der Waals surface area contributed by atoms with Crippen LogP contribution in [0.1, 0.15) is 40.0 Å². The van der Waals surface area contributed by atoms with Crippen LogP contribution in [-0.2, 0) is 4.79 Å². The summed E-state index contributed by atoms with van der Waals surface area (Å²) in [6.45, 7) is 6.69. The summed E-state index contributed by atoms with van der Waals surface area (Å²) in [6.07, 6.45) is 3.24. The number of primary amides is 1. The van der Waals surface area contributed by atoms with E-state index in [2.05, 4.69) is 26.1 Å². The molecule has 1 amide bonds. The van der Waals surface area contributed by atoms with Crippen molar-refractivity contribution in [3.63, 3.8) is 0 Å². The fraction of sp³-hybridized carbons (Fsp3) is 0.917. The van der Waals surface area contributed by atoms with E-state index >= 15 is 0 Å². The van der Waals surface area contributed by atoms with Gasteiger partial charge in [-0.25, -0.2) is 0 Å². The molecular formula is C12H24N2OS. The first-order valence-corrected chi connectivity index (χ1v) is 7.22. The predicted octanol–water partition coefficient (Wildman–Crippen LogP) is 1.76. The number of hydrogen-bond donors (Lipinski definition) is 2. The molecule has 1 rings (SSSR count). The van der Waals surface area contributed by atoms with Crippen molar-refractivity contribution in [1.82, 2.24) is 5.32 Å². The molecule has 0 aromatic rings. The third-order valence-electron chi connectivity index (χ3n) is 3.08. The van der Waals surface area contributed by atoms with Crippen molar-refractivity contribution in [3.8, 4) is 0 Å². The standard InChI is InChI=1S/C12H24N2OS/c1-8(2)9(3)16-7-6-11(12(13)15)14-10-4-5-10/h8-11,14H,4-7H2,1-3H3,(H2,13,15). The van der Waals surface area contributed by atoms with Gasteiger partial charge in [-0.3, -0.25) is 4.79 Å². The number of nitrogens with one attached hydrogen (secondary N) is 1. The Balaban J connectivity index is 2.18. The van der Waals surface area contributed by atoms with Crippen LogP contribution in [0.3, 0.4) is 0 Å². The topological polar surface area (TPSA) is 55.1 Å². The minimum atomic E-state index is -0.204. The van der Waals surface area contributed by atoms with Gasteiger partial charge in [0.25, 0.3) is 0 Å². The molecule has 2 atom stereocenters. The molecule has 3 nitrogen and oxygen atoms in total. The Kier molecular flexibility index (Phi) is 5.62. The van der Waals surface area contributed by atoms with Gasteiger partial charge in [-0.15, -0.1) is 0 Å². The molecule has 0 saturated heterocycles. The summed E-state index contributed by atoms with van der Waals surface area (Å²) < 4.78 is 0. The van der Waals surface area contributed by atoms with Gasteiger partial charge in [-0.2, -0.15) is 11.8 Å². The van der Waals surface area contributed by atoms with Gasteiger partial charge in [0.15, 0.2) is 0 Å². The first-order chi connectivity index (χ1) is 7.50. The zero-order valence-corrected chi connectivity index (χ0v) is 11.3. The van der Waals surface area contributed by atoms with Crippen LogP contribution in [0.15, 0.2) is 0 Å². The predicted molar refractivity (Wildman–Crippen MR) is 70.5 cm³/mol. The fourth-order valence-electron chi connectivity index (χ4n) is 1.41. The molecular weight excluding hydrogens is 220 g/mol. The van der Waals surface area contributed by atoms with E-state index < -0.39 is 0 Å². The SMILES string of the molecule is CC(C)C(C)SCCC(NC1CC1)C(N)=O. The van der Waals surface area contributed by atoms with Crippen LogP contribution < -0.4 is 11.1 Å². The van der Waals surface area contributed by atoms with E-state index in [-0.39, 0.29) is 11.9 Å². The molecule has 1 fully saturated rings. The highest BCUT2D eigenvalue weighted by Crippen LogP contribution is 2.22. The molecule has 0 bridgehead atoms. The second kappa shape index (κ2) is 6.50. The van der Waals surface area contributed by atoms with Crippen LogP contribution in [0.25, 0.3) is 0 Å². The highest BCUT2D eigenvalue weighted by atomic mass is 32.2. The molecule has 0 spiro atoms. The van der Waals surface area contributed by atoms with E-state index in [4.69, 9.17) is 5.73 Å². The van der Waals surface area contributed by atoms with E-state index in [9.17, 15) is 4.79 Å². The molecule has 0 aromatic heterocycles. The molecule has 3 N–H and O–H groups in total. The molecule has 1 aliphatic rings. The number of hydrogen-bond acceptors (Lipinski definition) is 3. The lowest BCUT2D eigenvalue weighted by molar-refractivity contribution is -0.120. The van der Waals surface area contributed by atoms with Gasteiger partial charge in [0.05, 0.1) is 6.04 Å². The Morgan fingerprint density at radius 2 is 2.06 bits per heavy atom. The highest BCUT2D eigenvalue weighted by molar-refractivity contribution is 7.99. The fourth-order valence-corrected chi connectivity index (χ4v) is 2.53. The van der Waals surface area contributed by atoms with Gasteiger partial charge in [0, 0.05) is 11.3 Å². The molecule has 94 valence electrons. The number of carbonyl (C=O) groups excluding carboxylic acids is 1. The van der Waals surface area contributed by atoms with Crippen molar-refractivity contribution < 1.29 is 4.79 Å². The van der Waals surface area contributed by atoms with E-state index in [0.717, 1.165) is 12.2 Å². The van der Waals surface area contributed by atoms with Crippen molar-refractivity contribution in [1.29, 1.82) is 0 Å². The number of thioether (sulfide) groups is 1. The summed E-state index contributed by atoms with van der Waals surface area (Å²) >= 11 is 1.93. The maximum absolute atomic E-state index is 11.2. The Bertz CT molecular complexity index is 229. The quantitative estimate of drug-likeness (QED) is 0.684. The second-order valence-corrected chi connectivity index (χ2v) is 6.49. The smallest absolute Gasteiger partial charge is 0.234 e. The third kappa shape index (κ3) is 5.21. The summed E-state index contributed by atoms with van der Waals surface area (Å²) in [5.41, 5.74) is 5.38. The zero-order valence-electron chi connectivity index (χ0n) is 10.5. The molecule has 2 unspecified atom stereocenters.